The van der Waals surface area contributed by atoms with E-state index >= 15 is 0 Å². The molecular formula is C16H14N2O2. The third-order valence-electron chi connectivity index (χ3n) is 3.04. The molecule has 0 aliphatic carbocycles. The second-order valence-electron chi connectivity index (χ2n) is 4.20. The molecule has 0 unspecified atom stereocenters. The largest absolute Gasteiger partial charge is 0.486 e. The van der Waals surface area contributed by atoms with E-state index < -0.39 is 5.97 Å². The highest BCUT2D eigenvalue weighted by Gasteiger charge is 2.15. The maximum atomic E-state index is 10.8. The molecule has 0 saturated heterocycles. The van der Waals surface area contributed by atoms with Crippen LogP contribution in [0.4, 0.5) is 5.69 Å². The summed E-state index contributed by atoms with van der Waals surface area (Å²) in [6.07, 6.45) is 6.91. The minimum absolute atomic E-state index is 0.291. The second kappa shape index (κ2) is 5.89. The number of carboxylic acid groups (broad SMARTS) is 1. The standard InChI is InChI=1S/C16H14N2O2/c1-3-18-13(10-11-14(17-2)16(19)20)9-8-12-6-4-5-7-15(12)18/h4-11H,3H2,1H3,(H,19,20)/b13-10+,14-11-. The molecule has 4 nitrogen and oxygen atoms in total. The van der Waals surface area contributed by atoms with Crippen molar-refractivity contribution in [2.45, 2.75) is 6.92 Å². The van der Waals surface area contributed by atoms with Crippen LogP contribution in [-0.4, -0.2) is 17.6 Å². The van der Waals surface area contributed by atoms with Gasteiger partial charge in [0.15, 0.2) is 0 Å². The first kappa shape index (κ1) is 13.6. The third kappa shape index (κ3) is 2.62. The normalized spacial score (nSPS) is 15.9. The summed E-state index contributed by atoms with van der Waals surface area (Å²) >= 11 is 0. The van der Waals surface area contributed by atoms with E-state index in [4.69, 9.17) is 11.7 Å². The average molecular weight is 266 g/mol. The molecule has 0 fully saturated rings. The van der Waals surface area contributed by atoms with Gasteiger partial charge < -0.3 is 10.0 Å². The Morgan fingerprint density at radius 2 is 2.15 bits per heavy atom. The molecule has 1 N–H and O–H groups in total. The van der Waals surface area contributed by atoms with Crippen LogP contribution in [0.2, 0.25) is 0 Å². The van der Waals surface area contributed by atoms with Crippen molar-refractivity contribution in [3.63, 3.8) is 0 Å². The lowest BCUT2D eigenvalue weighted by Gasteiger charge is -2.29. The van der Waals surface area contributed by atoms with Crippen molar-refractivity contribution < 1.29 is 9.90 Å². The van der Waals surface area contributed by atoms with Gasteiger partial charge in [-0.3, -0.25) is 4.79 Å². The quantitative estimate of drug-likeness (QED) is 0.674. The van der Waals surface area contributed by atoms with E-state index in [1.807, 2.05) is 43.3 Å². The lowest BCUT2D eigenvalue weighted by atomic mass is 10.1. The molecular weight excluding hydrogens is 252 g/mol. The first-order valence-corrected chi connectivity index (χ1v) is 6.24. The Morgan fingerprint density at radius 1 is 1.40 bits per heavy atom. The van der Waals surface area contributed by atoms with Crippen LogP contribution in [0, 0.1) is 6.57 Å². The Hall–Kier alpha value is -2.80. The van der Waals surface area contributed by atoms with Crippen LogP contribution in [0.3, 0.4) is 0 Å². The summed E-state index contributed by atoms with van der Waals surface area (Å²) in [4.78, 5) is 15.9. The molecule has 1 heterocycles. The van der Waals surface area contributed by atoms with Crippen molar-refractivity contribution in [1.82, 2.24) is 0 Å². The van der Waals surface area contributed by atoms with E-state index in [-0.39, 0.29) is 5.70 Å². The van der Waals surface area contributed by atoms with Gasteiger partial charge in [-0.15, -0.1) is 0 Å². The fourth-order valence-corrected chi connectivity index (χ4v) is 2.10. The second-order valence-corrected chi connectivity index (χ2v) is 4.20. The Labute approximate surface area is 117 Å². The van der Waals surface area contributed by atoms with E-state index in [1.54, 1.807) is 6.08 Å². The molecule has 1 aliphatic rings. The lowest BCUT2D eigenvalue weighted by Crippen LogP contribution is -2.23. The smallest absolute Gasteiger partial charge is 0.333 e. The minimum Gasteiger partial charge on any atom is -0.486 e. The molecule has 1 aromatic rings. The van der Waals surface area contributed by atoms with Crippen molar-refractivity contribution >= 4 is 17.7 Å². The third-order valence-corrected chi connectivity index (χ3v) is 3.04. The monoisotopic (exact) mass is 266 g/mol. The van der Waals surface area contributed by atoms with Gasteiger partial charge in [-0.25, -0.2) is 4.85 Å². The molecule has 0 atom stereocenters. The van der Waals surface area contributed by atoms with Gasteiger partial charge in [0.2, 0.25) is 0 Å². The maximum absolute atomic E-state index is 10.8. The van der Waals surface area contributed by atoms with E-state index in [0.717, 1.165) is 23.5 Å². The summed E-state index contributed by atoms with van der Waals surface area (Å²) in [7, 11) is 0. The van der Waals surface area contributed by atoms with E-state index in [9.17, 15) is 4.79 Å². The number of carbonyl (C=O) groups is 1. The van der Waals surface area contributed by atoms with Gasteiger partial charge in [0.05, 0.1) is 6.57 Å². The minimum atomic E-state index is -1.21. The number of allylic oxidation sites excluding steroid dienone is 3. The number of anilines is 1. The van der Waals surface area contributed by atoms with Gasteiger partial charge in [-0.2, -0.15) is 0 Å². The van der Waals surface area contributed by atoms with Crippen LogP contribution in [0.15, 0.2) is 53.9 Å². The Balaban J connectivity index is 2.41. The number of benzene rings is 1. The Morgan fingerprint density at radius 3 is 2.80 bits per heavy atom. The van der Waals surface area contributed by atoms with Gasteiger partial charge in [0, 0.05) is 17.9 Å². The van der Waals surface area contributed by atoms with Gasteiger partial charge in [0.1, 0.15) is 0 Å². The van der Waals surface area contributed by atoms with Gasteiger partial charge >= 0.3 is 5.97 Å². The highest BCUT2D eigenvalue weighted by Crippen LogP contribution is 2.30. The van der Waals surface area contributed by atoms with Crippen LogP contribution in [0.1, 0.15) is 12.5 Å². The lowest BCUT2D eigenvalue weighted by molar-refractivity contribution is -0.132. The molecule has 0 radical (unpaired) electrons. The summed E-state index contributed by atoms with van der Waals surface area (Å²) in [5, 5.41) is 8.84. The van der Waals surface area contributed by atoms with Gasteiger partial charge in [0.25, 0.3) is 5.70 Å². The Bertz CT molecular complexity index is 663. The Kier molecular flexibility index (Phi) is 4.02. The van der Waals surface area contributed by atoms with Crippen molar-refractivity contribution in [2.75, 3.05) is 11.4 Å². The number of fused-ring (bicyclic) bond motifs is 1. The summed E-state index contributed by atoms with van der Waals surface area (Å²) < 4.78 is 0. The number of hydrogen-bond donors (Lipinski definition) is 1. The maximum Gasteiger partial charge on any atom is 0.333 e. The molecule has 0 aromatic heterocycles. The molecule has 100 valence electrons. The number of rotatable bonds is 3. The number of aliphatic carboxylic acids is 1. The number of hydrogen-bond acceptors (Lipinski definition) is 2. The van der Waals surface area contributed by atoms with Crippen molar-refractivity contribution in [1.29, 1.82) is 0 Å². The summed E-state index contributed by atoms with van der Waals surface area (Å²) in [5.41, 5.74) is 2.78. The topological polar surface area (TPSA) is 44.9 Å². The fourth-order valence-electron chi connectivity index (χ4n) is 2.10. The van der Waals surface area contributed by atoms with E-state index in [1.165, 1.54) is 6.08 Å². The predicted molar refractivity (Wildman–Crippen MR) is 78.9 cm³/mol. The van der Waals surface area contributed by atoms with Crippen molar-refractivity contribution in [3.8, 4) is 0 Å². The van der Waals surface area contributed by atoms with E-state index in [2.05, 4.69) is 9.74 Å². The molecule has 1 aromatic carbocycles. The average Bonchev–Trinajstić information content (AvgIpc) is 2.47. The first-order valence-electron chi connectivity index (χ1n) is 6.24. The molecule has 0 saturated carbocycles. The SMILES string of the molecule is [C-]#[N+]/C(=C\C=C1/C=Cc2ccccc2N1CC)C(=O)O. The fraction of sp³-hybridized carbons (Fsp3) is 0.125. The van der Waals surface area contributed by atoms with Crippen molar-refractivity contribution in [3.05, 3.63) is 70.9 Å². The van der Waals surface area contributed by atoms with Gasteiger partial charge in [-0.1, -0.05) is 24.3 Å². The first-order chi connectivity index (χ1) is 9.67. The zero-order valence-electron chi connectivity index (χ0n) is 11.1. The molecule has 0 amide bonds. The highest BCUT2D eigenvalue weighted by atomic mass is 16.4. The molecule has 1 aliphatic heterocycles. The van der Waals surface area contributed by atoms with Crippen LogP contribution in [-0.2, 0) is 4.79 Å². The van der Waals surface area contributed by atoms with Crippen molar-refractivity contribution in [2.24, 2.45) is 0 Å². The molecule has 0 bridgehead atoms. The van der Waals surface area contributed by atoms with Gasteiger partial charge in [-0.05, 0) is 36.8 Å². The number of nitrogens with zero attached hydrogens (tertiary/aromatic N) is 2. The molecule has 20 heavy (non-hydrogen) atoms. The molecule has 2 rings (SSSR count). The number of likely N-dealkylation sites (N-methyl/N-ethyl adjacent to an activating group) is 1. The van der Waals surface area contributed by atoms with Crippen LogP contribution in [0.25, 0.3) is 10.9 Å². The van der Waals surface area contributed by atoms with Crippen LogP contribution >= 0.6 is 0 Å². The van der Waals surface area contributed by atoms with Crippen LogP contribution in [0.5, 0.6) is 0 Å². The predicted octanol–water partition coefficient (Wildman–Crippen LogP) is 3.31. The summed E-state index contributed by atoms with van der Waals surface area (Å²) in [5.74, 6) is -1.21. The molecule has 4 heteroatoms. The highest BCUT2D eigenvalue weighted by molar-refractivity contribution is 5.89. The summed E-state index contributed by atoms with van der Waals surface area (Å²) in [6, 6.07) is 8.00. The summed E-state index contributed by atoms with van der Waals surface area (Å²) in [6.45, 7) is 9.63. The number of carboxylic acids is 1. The van der Waals surface area contributed by atoms with E-state index in [0.29, 0.717) is 0 Å². The zero-order valence-corrected chi connectivity index (χ0v) is 11.1. The number of para-hydroxylation sites is 1. The van der Waals surface area contributed by atoms with Crippen LogP contribution < -0.4 is 4.90 Å². The zero-order chi connectivity index (χ0) is 14.5. The molecule has 0 spiro atoms.